The lowest BCUT2D eigenvalue weighted by atomic mass is 9.68. The molecule has 3 fully saturated rings. The summed E-state index contributed by atoms with van der Waals surface area (Å²) >= 11 is 0. The van der Waals surface area contributed by atoms with Crippen LogP contribution < -0.4 is 11.1 Å². The molecule has 3 aliphatic carbocycles. The van der Waals surface area contributed by atoms with E-state index in [0.29, 0.717) is 6.04 Å². The van der Waals surface area contributed by atoms with Crippen LogP contribution in [0.1, 0.15) is 64.2 Å². The Hall–Kier alpha value is -0.0800. The van der Waals surface area contributed by atoms with Gasteiger partial charge in [0.1, 0.15) is 0 Å². The Morgan fingerprint density at radius 1 is 0.765 bits per heavy atom. The highest BCUT2D eigenvalue weighted by molar-refractivity contribution is 4.93. The summed E-state index contributed by atoms with van der Waals surface area (Å²) in [6, 6.07) is 2.12. The van der Waals surface area contributed by atoms with Gasteiger partial charge in [0.15, 0.2) is 0 Å². The van der Waals surface area contributed by atoms with Gasteiger partial charge in [0, 0.05) is 18.1 Å². The van der Waals surface area contributed by atoms with Crippen LogP contribution in [0.3, 0.4) is 0 Å². The lowest BCUT2D eigenvalue weighted by molar-refractivity contribution is 0.106. The van der Waals surface area contributed by atoms with Gasteiger partial charge in [0.25, 0.3) is 0 Å². The quantitative estimate of drug-likeness (QED) is 0.787. The molecular formula is C15H28N2. The normalized spacial score (nSPS) is 35.6. The molecule has 3 N–H and O–H groups in total. The maximum absolute atomic E-state index is 5.99. The summed E-state index contributed by atoms with van der Waals surface area (Å²) in [7, 11) is 0. The highest BCUT2D eigenvalue weighted by Crippen LogP contribution is 2.40. The van der Waals surface area contributed by atoms with Crippen molar-refractivity contribution in [2.45, 2.75) is 82.3 Å². The molecule has 0 atom stereocenters. The van der Waals surface area contributed by atoms with E-state index in [4.69, 9.17) is 5.73 Å². The van der Waals surface area contributed by atoms with E-state index in [2.05, 4.69) is 5.32 Å². The lowest BCUT2D eigenvalue weighted by Crippen LogP contribution is -2.52. The molecule has 0 heterocycles. The first-order valence-corrected chi connectivity index (χ1v) is 7.84. The van der Waals surface area contributed by atoms with Crippen LogP contribution >= 0.6 is 0 Å². The smallest absolute Gasteiger partial charge is 0.0126 e. The van der Waals surface area contributed by atoms with E-state index in [-0.39, 0.29) is 0 Å². The third kappa shape index (κ3) is 2.68. The van der Waals surface area contributed by atoms with Crippen molar-refractivity contribution >= 4 is 0 Å². The molecule has 0 spiro atoms. The van der Waals surface area contributed by atoms with E-state index in [1.54, 1.807) is 0 Å². The van der Waals surface area contributed by atoms with Crippen LogP contribution in [0.5, 0.6) is 0 Å². The summed E-state index contributed by atoms with van der Waals surface area (Å²) < 4.78 is 0. The summed E-state index contributed by atoms with van der Waals surface area (Å²) in [5.41, 5.74) is 5.99. The zero-order valence-electron chi connectivity index (χ0n) is 11.0. The fraction of sp³-hybridized carbons (Fsp3) is 1.00. The predicted molar refractivity (Wildman–Crippen MR) is 71.8 cm³/mol. The Kier molecular flexibility index (Phi) is 3.72. The zero-order chi connectivity index (χ0) is 11.7. The molecule has 2 heteroatoms. The van der Waals surface area contributed by atoms with Crippen molar-refractivity contribution in [3.8, 4) is 0 Å². The number of rotatable bonds is 4. The van der Waals surface area contributed by atoms with Crippen molar-refractivity contribution in [1.29, 1.82) is 0 Å². The van der Waals surface area contributed by atoms with Gasteiger partial charge in [-0.25, -0.2) is 0 Å². The zero-order valence-corrected chi connectivity index (χ0v) is 11.0. The average molecular weight is 236 g/mol. The number of hydrogen-bond donors (Lipinski definition) is 2. The average Bonchev–Trinajstić information content (AvgIpc) is 2.16. The molecule has 0 aromatic heterocycles. The van der Waals surface area contributed by atoms with Gasteiger partial charge in [-0.15, -0.1) is 0 Å². The maximum atomic E-state index is 5.99. The predicted octanol–water partition coefficient (Wildman–Crippen LogP) is 2.81. The monoisotopic (exact) mass is 236 g/mol. The van der Waals surface area contributed by atoms with Crippen molar-refractivity contribution in [2.24, 2.45) is 17.6 Å². The second kappa shape index (κ2) is 5.27. The van der Waals surface area contributed by atoms with E-state index in [9.17, 15) is 0 Å². The lowest BCUT2D eigenvalue weighted by Gasteiger charge is -2.45. The molecule has 0 saturated heterocycles. The standard InChI is InChI=1S/C15H28N2/c16-13-7-9-14(10-8-13)17-15(11-3-1-4-11)12-5-2-6-12/h11-15,17H,1-10,16H2. The second-order valence-corrected chi connectivity index (χ2v) is 6.69. The van der Waals surface area contributed by atoms with Gasteiger partial charge < -0.3 is 11.1 Å². The van der Waals surface area contributed by atoms with Crippen LogP contribution in [-0.2, 0) is 0 Å². The van der Waals surface area contributed by atoms with Crippen molar-refractivity contribution in [3.63, 3.8) is 0 Å². The first-order valence-electron chi connectivity index (χ1n) is 7.84. The van der Waals surface area contributed by atoms with Gasteiger partial charge in [0.2, 0.25) is 0 Å². The Bertz CT molecular complexity index is 223. The van der Waals surface area contributed by atoms with Crippen LogP contribution in [-0.4, -0.2) is 18.1 Å². The summed E-state index contributed by atoms with van der Waals surface area (Å²) in [5.74, 6) is 2.02. The van der Waals surface area contributed by atoms with Gasteiger partial charge in [-0.2, -0.15) is 0 Å². The molecular weight excluding hydrogens is 208 g/mol. The molecule has 0 radical (unpaired) electrons. The number of nitrogens with two attached hydrogens (primary N) is 1. The van der Waals surface area contributed by atoms with Crippen molar-refractivity contribution in [1.82, 2.24) is 5.32 Å². The minimum atomic E-state index is 0.485. The summed E-state index contributed by atoms with van der Waals surface area (Å²) in [4.78, 5) is 0. The van der Waals surface area contributed by atoms with Crippen molar-refractivity contribution in [3.05, 3.63) is 0 Å². The minimum Gasteiger partial charge on any atom is -0.328 e. The van der Waals surface area contributed by atoms with Crippen LogP contribution in [0.4, 0.5) is 0 Å². The van der Waals surface area contributed by atoms with Crippen molar-refractivity contribution < 1.29 is 0 Å². The fourth-order valence-electron chi connectivity index (χ4n) is 3.81. The van der Waals surface area contributed by atoms with Crippen molar-refractivity contribution in [2.75, 3.05) is 0 Å². The van der Waals surface area contributed by atoms with E-state index >= 15 is 0 Å². The van der Waals surface area contributed by atoms with E-state index < -0.39 is 0 Å². The molecule has 0 aromatic rings. The fourth-order valence-corrected chi connectivity index (χ4v) is 3.81. The summed E-state index contributed by atoms with van der Waals surface area (Å²) in [5, 5.41) is 4.02. The van der Waals surface area contributed by atoms with Crippen LogP contribution in [0.15, 0.2) is 0 Å². The van der Waals surface area contributed by atoms with Gasteiger partial charge in [-0.3, -0.25) is 0 Å². The summed E-state index contributed by atoms with van der Waals surface area (Å²) in [6.45, 7) is 0. The summed E-state index contributed by atoms with van der Waals surface area (Å²) in [6.07, 6.45) is 14.0. The Morgan fingerprint density at radius 3 is 1.71 bits per heavy atom. The molecule has 3 rings (SSSR count). The van der Waals surface area contributed by atoms with Crippen LogP contribution in [0, 0.1) is 11.8 Å². The van der Waals surface area contributed by atoms with Crippen LogP contribution in [0.2, 0.25) is 0 Å². The second-order valence-electron chi connectivity index (χ2n) is 6.69. The Balaban J connectivity index is 1.52. The first-order chi connectivity index (χ1) is 8.33. The third-order valence-corrected chi connectivity index (χ3v) is 5.52. The first kappa shape index (κ1) is 12.0. The molecule has 0 aliphatic heterocycles. The molecule has 0 unspecified atom stereocenters. The van der Waals surface area contributed by atoms with Gasteiger partial charge in [-0.05, 0) is 63.2 Å². The van der Waals surface area contributed by atoms with Gasteiger partial charge in [0.05, 0.1) is 0 Å². The Morgan fingerprint density at radius 2 is 1.29 bits per heavy atom. The third-order valence-electron chi connectivity index (χ3n) is 5.52. The molecule has 2 nitrogen and oxygen atoms in total. The minimum absolute atomic E-state index is 0.485. The van der Waals surface area contributed by atoms with E-state index in [1.807, 2.05) is 0 Å². The molecule has 0 amide bonds. The molecule has 17 heavy (non-hydrogen) atoms. The van der Waals surface area contributed by atoms with Gasteiger partial charge >= 0.3 is 0 Å². The highest BCUT2D eigenvalue weighted by atomic mass is 15.0. The highest BCUT2D eigenvalue weighted by Gasteiger charge is 2.37. The largest absolute Gasteiger partial charge is 0.328 e. The van der Waals surface area contributed by atoms with E-state index in [1.165, 1.54) is 64.2 Å². The maximum Gasteiger partial charge on any atom is 0.0126 e. The number of hydrogen-bond acceptors (Lipinski definition) is 2. The number of nitrogens with one attached hydrogen (secondary N) is 1. The topological polar surface area (TPSA) is 38.0 Å². The van der Waals surface area contributed by atoms with Gasteiger partial charge in [-0.1, -0.05) is 12.8 Å². The molecule has 98 valence electrons. The SMILES string of the molecule is NC1CCC(NC(C2CCC2)C2CCC2)CC1. The molecule has 0 bridgehead atoms. The Labute approximate surface area is 106 Å². The van der Waals surface area contributed by atoms with Crippen LogP contribution in [0.25, 0.3) is 0 Å². The molecule has 3 aliphatic rings. The molecule has 3 saturated carbocycles. The van der Waals surface area contributed by atoms with E-state index in [0.717, 1.165) is 23.9 Å². The molecule has 0 aromatic carbocycles.